The molecule has 0 bridgehead atoms. The van der Waals surface area contributed by atoms with Crippen molar-refractivity contribution in [1.29, 1.82) is 0 Å². The van der Waals surface area contributed by atoms with Crippen LogP contribution in [-0.4, -0.2) is 48.1 Å². The highest BCUT2D eigenvalue weighted by atomic mass is 16.2. The average Bonchev–Trinajstić information content (AvgIpc) is 2.49. The van der Waals surface area contributed by atoms with Crippen LogP contribution in [0, 0.1) is 0 Å². The second-order valence-corrected chi connectivity index (χ2v) is 4.41. The number of hydrogen-bond acceptors (Lipinski definition) is 2. The van der Waals surface area contributed by atoms with Gasteiger partial charge in [0.25, 0.3) is 0 Å². The summed E-state index contributed by atoms with van der Waals surface area (Å²) in [5.74, 6) is 0. The molecule has 1 aliphatic heterocycles. The molecule has 80 valence electrons. The van der Waals surface area contributed by atoms with E-state index in [4.69, 9.17) is 5.73 Å². The van der Waals surface area contributed by atoms with Gasteiger partial charge < -0.3 is 15.5 Å². The highest BCUT2D eigenvalue weighted by molar-refractivity contribution is 5.76. The zero-order chi connectivity index (χ0) is 10.1. The maximum absolute atomic E-state index is 11.7. The normalized spacial score (nSPS) is 34.0. The first-order valence-corrected chi connectivity index (χ1v) is 5.47. The zero-order valence-corrected chi connectivity index (χ0v) is 8.78. The molecule has 2 fully saturated rings. The van der Waals surface area contributed by atoms with Crippen LogP contribution in [-0.2, 0) is 0 Å². The van der Waals surface area contributed by atoms with Gasteiger partial charge in [0.15, 0.2) is 0 Å². The summed E-state index contributed by atoms with van der Waals surface area (Å²) in [6.45, 7) is 1.70. The monoisotopic (exact) mass is 197 g/mol. The van der Waals surface area contributed by atoms with E-state index >= 15 is 0 Å². The van der Waals surface area contributed by atoms with Gasteiger partial charge in [-0.3, -0.25) is 0 Å². The standard InChI is InChI=1S/C10H19N3O/c1-12-6-7-13(10(12)14)9-5-3-2-4-8(9)11/h8-9H,2-7,11H2,1H3. The van der Waals surface area contributed by atoms with E-state index in [1.54, 1.807) is 4.90 Å². The highest BCUT2D eigenvalue weighted by Gasteiger charge is 2.35. The fourth-order valence-corrected chi connectivity index (χ4v) is 2.50. The fourth-order valence-electron chi connectivity index (χ4n) is 2.50. The molecule has 4 nitrogen and oxygen atoms in total. The SMILES string of the molecule is CN1CCN(C2CCCCC2N)C1=O. The fraction of sp³-hybridized carbons (Fsp3) is 0.900. The van der Waals surface area contributed by atoms with Crippen molar-refractivity contribution in [3.63, 3.8) is 0 Å². The van der Waals surface area contributed by atoms with Crippen molar-refractivity contribution in [2.24, 2.45) is 5.73 Å². The molecular formula is C10H19N3O. The summed E-state index contributed by atoms with van der Waals surface area (Å²) in [6.07, 6.45) is 4.58. The van der Waals surface area contributed by atoms with Crippen molar-refractivity contribution < 1.29 is 4.79 Å². The number of urea groups is 1. The second-order valence-electron chi connectivity index (χ2n) is 4.41. The molecule has 2 rings (SSSR count). The van der Waals surface area contributed by atoms with Gasteiger partial charge in [-0.15, -0.1) is 0 Å². The summed E-state index contributed by atoms with van der Waals surface area (Å²) in [7, 11) is 1.86. The molecule has 0 aromatic rings. The van der Waals surface area contributed by atoms with Gasteiger partial charge in [0, 0.05) is 32.2 Å². The first-order valence-electron chi connectivity index (χ1n) is 5.47. The number of hydrogen-bond donors (Lipinski definition) is 1. The van der Waals surface area contributed by atoms with E-state index in [0.717, 1.165) is 25.9 Å². The van der Waals surface area contributed by atoms with E-state index in [1.807, 2.05) is 11.9 Å². The van der Waals surface area contributed by atoms with Crippen LogP contribution in [0.5, 0.6) is 0 Å². The molecule has 2 amide bonds. The van der Waals surface area contributed by atoms with Gasteiger partial charge in [0.1, 0.15) is 0 Å². The summed E-state index contributed by atoms with van der Waals surface area (Å²) in [6, 6.07) is 0.646. The molecule has 1 saturated carbocycles. The Balaban J connectivity index is 2.03. The van der Waals surface area contributed by atoms with Crippen LogP contribution in [0.2, 0.25) is 0 Å². The average molecular weight is 197 g/mol. The van der Waals surface area contributed by atoms with Crippen molar-refractivity contribution in [1.82, 2.24) is 9.80 Å². The number of nitrogens with two attached hydrogens (primary N) is 1. The molecule has 14 heavy (non-hydrogen) atoms. The molecule has 1 heterocycles. The largest absolute Gasteiger partial charge is 0.326 e. The molecule has 1 aliphatic carbocycles. The first kappa shape index (κ1) is 9.77. The highest BCUT2D eigenvalue weighted by Crippen LogP contribution is 2.24. The maximum atomic E-state index is 11.7. The number of nitrogens with zero attached hydrogens (tertiary/aromatic N) is 2. The molecule has 4 heteroatoms. The number of carbonyl (C=O) groups is 1. The molecule has 2 atom stereocenters. The van der Waals surface area contributed by atoms with E-state index in [2.05, 4.69) is 0 Å². The molecule has 0 spiro atoms. The smallest absolute Gasteiger partial charge is 0.320 e. The Morgan fingerprint density at radius 3 is 2.57 bits per heavy atom. The Bertz CT molecular complexity index is 231. The van der Waals surface area contributed by atoms with E-state index in [0.29, 0.717) is 6.04 Å². The molecule has 2 aliphatic rings. The van der Waals surface area contributed by atoms with Gasteiger partial charge in [-0.25, -0.2) is 4.79 Å². The molecule has 1 saturated heterocycles. The van der Waals surface area contributed by atoms with E-state index in [9.17, 15) is 4.79 Å². The summed E-state index contributed by atoms with van der Waals surface area (Å²) in [4.78, 5) is 15.5. The van der Waals surface area contributed by atoms with Gasteiger partial charge in [-0.05, 0) is 12.8 Å². The van der Waals surface area contributed by atoms with Crippen molar-refractivity contribution in [3.05, 3.63) is 0 Å². The number of amides is 2. The van der Waals surface area contributed by atoms with Gasteiger partial charge in [-0.2, -0.15) is 0 Å². The lowest BCUT2D eigenvalue weighted by Gasteiger charge is -2.35. The molecule has 2 unspecified atom stereocenters. The number of carbonyl (C=O) groups excluding carboxylic acids is 1. The second kappa shape index (κ2) is 3.77. The van der Waals surface area contributed by atoms with Crippen LogP contribution < -0.4 is 5.73 Å². The van der Waals surface area contributed by atoms with Crippen molar-refractivity contribution >= 4 is 6.03 Å². The molecular weight excluding hydrogens is 178 g/mol. The van der Waals surface area contributed by atoms with Crippen LogP contribution in [0.15, 0.2) is 0 Å². The lowest BCUT2D eigenvalue weighted by atomic mass is 9.90. The van der Waals surface area contributed by atoms with Crippen LogP contribution in [0.3, 0.4) is 0 Å². The lowest BCUT2D eigenvalue weighted by Crippen LogP contribution is -2.50. The number of rotatable bonds is 1. The maximum Gasteiger partial charge on any atom is 0.320 e. The third-order valence-electron chi connectivity index (χ3n) is 3.43. The van der Waals surface area contributed by atoms with Crippen molar-refractivity contribution in [3.8, 4) is 0 Å². The summed E-state index contributed by atoms with van der Waals surface area (Å²) >= 11 is 0. The van der Waals surface area contributed by atoms with Crippen LogP contribution in [0.1, 0.15) is 25.7 Å². The molecule has 0 aromatic heterocycles. The Kier molecular flexibility index (Phi) is 2.63. The molecule has 0 radical (unpaired) electrons. The predicted molar refractivity (Wildman–Crippen MR) is 55.0 cm³/mol. The third kappa shape index (κ3) is 1.59. The van der Waals surface area contributed by atoms with Crippen molar-refractivity contribution in [2.45, 2.75) is 37.8 Å². The Morgan fingerprint density at radius 2 is 2.00 bits per heavy atom. The van der Waals surface area contributed by atoms with Crippen molar-refractivity contribution in [2.75, 3.05) is 20.1 Å². The zero-order valence-electron chi connectivity index (χ0n) is 8.78. The Labute approximate surface area is 85.0 Å². The lowest BCUT2D eigenvalue weighted by molar-refractivity contribution is 0.157. The summed E-state index contributed by atoms with van der Waals surface area (Å²) < 4.78 is 0. The Morgan fingerprint density at radius 1 is 1.29 bits per heavy atom. The van der Waals surface area contributed by atoms with Crippen LogP contribution in [0.25, 0.3) is 0 Å². The first-order chi connectivity index (χ1) is 6.70. The van der Waals surface area contributed by atoms with E-state index in [-0.39, 0.29) is 12.1 Å². The third-order valence-corrected chi connectivity index (χ3v) is 3.43. The Hall–Kier alpha value is -0.770. The topological polar surface area (TPSA) is 49.6 Å². The molecule has 2 N–H and O–H groups in total. The summed E-state index contributed by atoms with van der Waals surface area (Å²) in [5.41, 5.74) is 6.05. The van der Waals surface area contributed by atoms with Gasteiger partial charge >= 0.3 is 6.03 Å². The van der Waals surface area contributed by atoms with Gasteiger partial charge in [0.05, 0.1) is 0 Å². The summed E-state index contributed by atoms with van der Waals surface area (Å²) in [5, 5.41) is 0. The predicted octanol–water partition coefficient (Wildman–Crippen LogP) is 0.624. The van der Waals surface area contributed by atoms with Crippen LogP contribution in [0.4, 0.5) is 4.79 Å². The van der Waals surface area contributed by atoms with E-state index < -0.39 is 0 Å². The van der Waals surface area contributed by atoms with Gasteiger partial charge in [-0.1, -0.05) is 12.8 Å². The van der Waals surface area contributed by atoms with Gasteiger partial charge in [0.2, 0.25) is 0 Å². The van der Waals surface area contributed by atoms with Crippen LogP contribution >= 0.6 is 0 Å². The minimum atomic E-state index is 0.160. The minimum absolute atomic E-state index is 0.160. The quantitative estimate of drug-likeness (QED) is 0.670. The number of likely N-dealkylation sites (N-methyl/N-ethyl adjacent to an activating group) is 1. The minimum Gasteiger partial charge on any atom is -0.326 e. The van der Waals surface area contributed by atoms with E-state index in [1.165, 1.54) is 12.8 Å². The molecule has 0 aromatic carbocycles.